The molecule has 1 atom stereocenters. The summed E-state index contributed by atoms with van der Waals surface area (Å²) in [7, 11) is 0. The molecule has 1 fully saturated rings. The molecule has 118 valence electrons. The Morgan fingerprint density at radius 1 is 1.14 bits per heavy atom. The van der Waals surface area contributed by atoms with Crippen molar-refractivity contribution in [3.05, 3.63) is 54.4 Å². The number of morpholine rings is 1. The monoisotopic (exact) mass is 299 g/mol. The first-order chi connectivity index (χ1) is 10.9. The highest BCUT2D eigenvalue weighted by Gasteiger charge is 2.19. The maximum absolute atomic E-state index is 5.92. The van der Waals surface area contributed by atoms with Crippen molar-refractivity contribution in [3.63, 3.8) is 0 Å². The maximum Gasteiger partial charge on any atom is 0.0705 e. The molecule has 2 aromatic rings. The minimum atomic E-state index is 0.374. The topological polar surface area (TPSA) is 30.3 Å². The van der Waals surface area contributed by atoms with Crippen LogP contribution in [0.1, 0.15) is 18.4 Å². The Morgan fingerprint density at radius 2 is 2.05 bits per heavy atom. The van der Waals surface area contributed by atoms with Gasteiger partial charge in [-0.15, -0.1) is 0 Å². The van der Waals surface area contributed by atoms with Crippen LogP contribution in [0, 0.1) is 0 Å². The molecule has 0 N–H and O–H groups in total. The number of aromatic nitrogens is 2. The first-order valence-electron chi connectivity index (χ1n) is 8.25. The van der Waals surface area contributed by atoms with Gasteiger partial charge in [-0.2, -0.15) is 5.10 Å². The molecule has 4 nitrogen and oxygen atoms in total. The number of aryl methyl sites for hydroxylation is 2. The molecule has 2 heterocycles. The van der Waals surface area contributed by atoms with Crippen molar-refractivity contribution in [2.75, 3.05) is 26.2 Å². The quantitative estimate of drug-likeness (QED) is 0.787. The van der Waals surface area contributed by atoms with Gasteiger partial charge in [0, 0.05) is 38.6 Å². The Balaban J connectivity index is 1.37. The molecule has 1 saturated heterocycles. The summed E-state index contributed by atoms with van der Waals surface area (Å²) in [4.78, 5) is 2.53. The molecule has 1 aromatic heterocycles. The van der Waals surface area contributed by atoms with Gasteiger partial charge in [0.05, 0.1) is 12.7 Å². The number of nitrogens with zero attached hydrogens (tertiary/aromatic N) is 3. The second-order valence-electron chi connectivity index (χ2n) is 5.94. The second-order valence-corrected chi connectivity index (χ2v) is 5.94. The van der Waals surface area contributed by atoms with E-state index in [0.29, 0.717) is 6.10 Å². The Bertz CT molecular complexity index is 527. The Hall–Kier alpha value is -1.65. The molecular weight excluding hydrogens is 274 g/mol. The van der Waals surface area contributed by atoms with Crippen LogP contribution in [-0.4, -0.2) is 47.0 Å². The molecule has 1 aliphatic rings. The van der Waals surface area contributed by atoms with E-state index in [0.717, 1.165) is 52.0 Å². The van der Waals surface area contributed by atoms with E-state index in [1.807, 2.05) is 23.1 Å². The van der Waals surface area contributed by atoms with Crippen molar-refractivity contribution < 1.29 is 4.74 Å². The molecule has 0 aliphatic carbocycles. The van der Waals surface area contributed by atoms with Gasteiger partial charge in [-0.1, -0.05) is 30.3 Å². The summed E-state index contributed by atoms with van der Waals surface area (Å²) in [5.41, 5.74) is 1.40. The molecule has 3 rings (SSSR count). The fraction of sp³-hybridized carbons (Fsp3) is 0.500. The van der Waals surface area contributed by atoms with Crippen LogP contribution in [0.2, 0.25) is 0 Å². The van der Waals surface area contributed by atoms with E-state index in [1.165, 1.54) is 5.56 Å². The highest BCUT2D eigenvalue weighted by Crippen LogP contribution is 2.13. The van der Waals surface area contributed by atoms with Crippen molar-refractivity contribution in [1.82, 2.24) is 14.7 Å². The average Bonchev–Trinajstić information content (AvgIpc) is 3.08. The molecule has 1 aromatic carbocycles. The molecule has 0 bridgehead atoms. The number of ether oxygens (including phenoxy) is 1. The lowest BCUT2D eigenvalue weighted by Gasteiger charge is -2.33. The highest BCUT2D eigenvalue weighted by molar-refractivity contribution is 5.14. The second kappa shape index (κ2) is 8.11. The van der Waals surface area contributed by atoms with Gasteiger partial charge in [-0.05, 0) is 30.9 Å². The molecule has 0 amide bonds. The van der Waals surface area contributed by atoms with Crippen molar-refractivity contribution in [1.29, 1.82) is 0 Å². The van der Waals surface area contributed by atoms with Gasteiger partial charge in [0.25, 0.3) is 0 Å². The van der Waals surface area contributed by atoms with Crippen molar-refractivity contribution in [2.24, 2.45) is 0 Å². The summed E-state index contributed by atoms with van der Waals surface area (Å²) >= 11 is 0. The fourth-order valence-electron chi connectivity index (χ4n) is 3.02. The third-order valence-electron chi connectivity index (χ3n) is 4.24. The summed E-state index contributed by atoms with van der Waals surface area (Å²) in [5.74, 6) is 0. The normalized spacial score (nSPS) is 19.4. The fourth-order valence-corrected chi connectivity index (χ4v) is 3.02. The van der Waals surface area contributed by atoms with E-state index < -0.39 is 0 Å². The molecule has 0 unspecified atom stereocenters. The van der Waals surface area contributed by atoms with Gasteiger partial charge >= 0.3 is 0 Å². The minimum Gasteiger partial charge on any atom is -0.376 e. The predicted molar refractivity (Wildman–Crippen MR) is 87.8 cm³/mol. The summed E-state index contributed by atoms with van der Waals surface area (Å²) in [6.07, 6.45) is 7.61. The standard InChI is InChI=1S/C18H25N3O/c1-2-6-17(7-3-1)8-9-18-16-20(14-15-22-18)11-5-13-21-12-4-10-19-21/h1-4,6-7,10,12,18H,5,8-9,11,13-16H2/t18-/m0/s1. The van der Waals surface area contributed by atoms with E-state index in [1.54, 1.807) is 0 Å². The zero-order valence-electron chi connectivity index (χ0n) is 13.1. The smallest absolute Gasteiger partial charge is 0.0705 e. The van der Waals surface area contributed by atoms with Crippen LogP contribution in [0.25, 0.3) is 0 Å². The van der Waals surface area contributed by atoms with Crippen LogP contribution >= 0.6 is 0 Å². The summed E-state index contributed by atoms with van der Waals surface area (Å²) < 4.78 is 7.93. The summed E-state index contributed by atoms with van der Waals surface area (Å²) in [6.45, 7) is 5.11. The van der Waals surface area contributed by atoms with E-state index >= 15 is 0 Å². The first kappa shape index (κ1) is 15.3. The van der Waals surface area contributed by atoms with Gasteiger partial charge < -0.3 is 4.74 Å². The zero-order valence-corrected chi connectivity index (χ0v) is 13.1. The first-order valence-corrected chi connectivity index (χ1v) is 8.25. The van der Waals surface area contributed by atoms with E-state index in [4.69, 9.17) is 4.74 Å². The molecule has 0 saturated carbocycles. The number of hydrogen-bond donors (Lipinski definition) is 0. The molecule has 1 aliphatic heterocycles. The van der Waals surface area contributed by atoms with Crippen LogP contribution in [0.5, 0.6) is 0 Å². The van der Waals surface area contributed by atoms with Crippen LogP contribution in [0.4, 0.5) is 0 Å². The average molecular weight is 299 g/mol. The Kier molecular flexibility index (Phi) is 5.62. The van der Waals surface area contributed by atoms with E-state index in [2.05, 4.69) is 40.3 Å². The van der Waals surface area contributed by atoms with Gasteiger partial charge in [0.1, 0.15) is 0 Å². The lowest BCUT2D eigenvalue weighted by Crippen LogP contribution is -2.43. The maximum atomic E-state index is 5.92. The number of benzene rings is 1. The third-order valence-corrected chi connectivity index (χ3v) is 4.24. The lowest BCUT2D eigenvalue weighted by atomic mass is 10.1. The summed E-state index contributed by atoms with van der Waals surface area (Å²) in [5, 5.41) is 4.25. The van der Waals surface area contributed by atoms with Gasteiger partial charge in [-0.25, -0.2) is 0 Å². The van der Waals surface area contributed by atoms with E-state index in [9.17, 15) is 0 Å². The van der Waals surface area contributed by atoms with Crippen molar-refractivity contribution in [3.8, 4) is 0 Å². The molecule has 0 radical (unpaired) electrons. The van der Waals surface area contributed by atoms with Gasteiger partial charge in [-0.3, -0.25) is 9.58 Å². The Morgan fingerprint density at radius 3 is 2.86 bits per heavy atom. The SMILES string of the molecule is c1ccc(CC[C@H]2CN(CCCn3cccn3)CCO2)cc1. The van der Waals surface area contributed by atoms with Crippen molar-refractivity contribution >= 4 is 0 Å². The van der Waals surface area contributed by atoms with Crippen LogP contribution < -0.4 is 0 Å². The van der Waals surface area contributed by atoms with Crippen molar-refractivity contribution in [2.45, 2.75) is 31.9 Å². The predicted octanol–water partition coefficient (Wildman–Crippen LogP) is 2.61. The molecule has 4 heteroatoms. The Labute approximate surface area is 132 Å². The minimum absolute atomic E-state index is 0.374. The lowest BCUT2D eigenvalue weighted by molar-refractivity contribution is -0.0322. The number of rotatable bonds is 7. The van der Waals surface area contributed by atoms with Gasteiger partial charge in [0.2, 0.25) is 0 Å². The molecule has 0 spiro atoms. The number of hydrogen-bond acceptors (Lipinski definition) is 3. The van der Waals surface area contributed by atoms with Gasteiger partial charge in [0.15, 0.2) is 0 Å². The largest absolute Gasteiger partial charge is 0.376 e. The highest BCUT2D eigenvalue weighted by atomic mass is 16.5. The third kappa shape index (κ3) is 4.68. The summed E-state index contributed by atoms with van der Waals surface area (Å²) in [6, 6.07) is 12.7. The van der Waals surface area contributed by atoms with Crippen LogP contribution in [0.3, 0.4) is 0 Å². The molecule has 22 heavy (non-hydrogen) atoms. The zero-order chi connectivity index (χ0) is 15.0. The van der Waals surface area contributed by atoms with E-state index in [-0.39, 0.29) is 0 Å². The molecular formula is C18H25N3O. The van der Waals surface area contributed by atoms with Crippen LogP contribution in [-0.2, 0) is 17.7 Å². The van der Waals surface area contributed by atoms with Crippen LogP contribution in [0.15, 0.2) is 48.8 Å².